The summed E-state index contributed by atoms with van der Waals surface area (Å²) < 4.78 is 0. The van der Waals surface area contributed by atoms with Gasteiger partial charge in [0.1, 0.15) is 0 Å². The van der Waals surface area contributed by atoms with Gasteiger partial charge in [0.15, 0.2) is 0 Å². The third-order valence-electron chi connectivity index (χ3n) is 1.99. The van der Waals surface area contributed by atoms with Gasteiger partial charge in [0.2, 0.25) is 0 Å². The molecule has 0 spiro atoms. The maximum Gasteiger partial charge on any atom is 0.0438 e. The van der Waals surface area contributed by atoms with Gasteiger partial charge in [-0.15, -0.1) is 0 Å². The summed E-state index contributed by atoms with van der Waals surface area (Å²) in [7, 11) is 0. The first-order valence-corrected chi connectivity index (χ1v) is 3.73. The average Bonchev–Trinajstić information content (AvgIpc) is 1.93. The topological polar surface area (TPSA) is 0 Å². The van der Waals surface area contributed by atoms with E-state index in [-0.39, 0.29) is 0 Å². The van der Waals surface area contributed by atoms with E-state index < -0.39 is 0 Å². The molecule has 0 nitrogen and oxygen atoms in total. The summed E-state index contributed by atoms with van der Waals surface area (Å²) in [6, 6.07) is 3.99. The Hall–Kier alpha value is -0.490. The van der Waals surface area contributed by atoms with Crippen LogP contribution in [0.2, 0.25) is 5.02 Å². The lowest BCUT2D eigenvalue weighted by Gasteiger charge is -2.04. The van der Waals surface area contributed by atoms with Crippen molar-refractivity contribution in [1.29, 1.82) is 0 Å². The predicted molar refractivity (Wildman–Crippen MR) is 45.7 cm³/mol. The van der Waals surface area contributed by atoms with Crippen LogP contribution in [0.3, 0.4) is 0 Å². The van der Waals surface area contributed by atoms with Crippen LogP contribution in [-0.4, -0.2) is 0 Å². The zero-order chi connectivity index (χ0) is 7.72. The molecule has 0 aliphatic carbocycles. The van der Waals surface area contributed by atoms with Gasteiger partial charge in [-0.3, -0.25) is 0 Å². The van der Waals surface area contributed by atoms with Crippen LogP contribution in [0.15, 0.2) is 12.1 Å². The Bertz CT molecular complexity index is 224. The van der Waals surface area contributed by atoms with Crippen LogP contribution >= 0.6 is 11.6 Å². The van der Waals surface area contributed by atoms with Crippen molar-refractivity contribution in [2.24, 2.45) is 0 Å². The maximum atomic E-state index is 5.89. The molecule has 0 amide bonds. The van der Waals surface area contributed by atoms with Gasteiger partial charge >= 0.3 is 0 Å². The Kier molecular flexibility index (Phi) is 2.00. The van der Waals surface area contributed by atoms with Crippen molar-refractivity contribution in [3.05, 3.63) is 33.8 Å². The van der Waals surface area contributed by atoms with E-state index in [0.29, 0.717) is 0 Å². The van der Waals surface area contributed by atoms with Crippen molar-refractivity contribution in [2.45, 2.75) is 20.8 Å². The SMILES string of the molecule is Cc1ccc(Cl)c(C)c1C. The minimum atomic E-state index is 0.864. The minimum absolute atomic E-state index is 0.864. The fourth-order valence-electron chi connectivity index (χ4n) is 0.923. The van der Waals surface area contributed by atoms with Gasteiger partial charge < -0.3 is 0 Å². The van der Waals surface area contributed by atoms with Crippen LogP contribution < -0.4 is 0 Å². The molecule has 0 N–H and O–H groups in total. The average molecular weight is 155 g/mol. The van der Waals surface area contributed by atoms with Gasteiger partial charge in [-0.2, -0.15) is 0 Å². The number of hydrogen-bond acceptors (Lipinski definition) is 0. The number of aryl methyl sites for hydroxylation is 1. The van der Waals surface area contributed by atoms with Crippen LogP contribution in [0.5, 0.6) is 0 Å². The molecule has 0 unspecified atom stereocenters. The molecular weight excluding hydrogens is 144 g/mol. The van der Waals surface area contributed by atoms with E-state index in [0.717, 1.165) is 5.02 Å². The Morgan fingerprint density at radius 1 is 1.00 bits per heavy atom. The van der Waals surface area contributed by atoms with E-state index in [1.807, 2.05) is 19.1 Å². The molecule has 0 radical (unpaired) electrons. The van der Waals surface area contributed by atoms with Crippen LogP contribution in [-0.2, 0) is 0 Å². The van der Waals surface area contributed by atoms with Gasteiger partial charge in [0.05, 0.1) is 0 Å². The molecule has 0 saturated carbocycles. The lowest BCUT2D eigenvalue weighted by molar-refractivity contribution is 1.27. The smallest absolute Gasteiger partial charge is 0.0438 e. The molecule has 54 valence electrons. The molecule has 0 heterocycles. The van der Waals surface area contributed by atoms with Crippen molar-refractivity contribution in [1.82, 2.24) is 0 Å². The zero-order valence-electron chi connectivity index (χ0n) is 6.53. The monoisotopic (exact) mass is 154 g/mol. The standard InChI is InChI=1S/C9H11Cl/c1-6-4-5-9(10)8(3)7(6)2/h4-5H,1-3H3. The highest BCUT2D eigenvalue weighted by atomic mass is 35.5. The Morgan fingerprint density at radius 3 is 2.10 bits per heavy atom. The third kappa shape index (κ3) is 1.17. The van der Waals surface area contributed by atoms with Crippen molar-refractivity contribution < 1.29 is 0 Å². The summed E-state index contributed by atoms with van der Waals surface area (Å²) in [5.74, 6) is 0. The van der Waals surface area contributed by atoms with E-state index in [1.165, 1.54) is 16.7 Å². The molecule has 1 aromatic carbocycles. The predicted octanol–water partition coefficient (Wildman–Crippen LogP) is 3.27. The van der Waals surface area contributed by atoms with Gasteiger partial charge in [0, 0.05) is 5.02 Å². The zero-order valence-corrected chi connectivity index (χ0v) is 7.29. The summed E-state index contributed by atoms with van der Waals surface area (Å²) in [4.78, 5) is 0. The summed E-state index contributed by atoms with van der Waals surface area (Å²) in [6.07, 6.45) is 0. The molecule has 0 saturated heterocycles. The normalized spacial score (nSPS) is 10.0. The molecule has 0 atom stereocenters. The minimum Gasteiger partial charge on any atom is -0.0840 e. The van der Waals surface area contributed by atoms with E-state index in [4.69, 9.17) is 11.6 Å². The fraction of sp³-hybridized carbons (Fsp3) is 0.333. The quantitative estimate of drug-likeness (QED) is 0.538. The van der Waals surface area contributed by atoms with Gasteiger partial charge in [0.25, 0.3) is 0 Å². The lowest BCUT2D eigenvalue weighted by atomic mass is 10.1. The molecule has 1 aromatic rings. The second-order valence-electron chi connectivity index (χ2n) is 2.61. The lowest BCUT2D eigenvalue weighted by Crippen LogP contribution is -1.85. The number of hydrogen-bond donors (Lipinski definition) is 0. The van der Waals surface area contributed by atoms with Crippen molar-refractivity contribution in [2.75, 3.05) is 0 Å². The van der Waals surface area contributed by atoms with Gasteiger partial charge in [-0.05, 0) is 43.5 Å². The summed E-state index contributed by atoms with van der Waals surface area (Å²) in [6.45, 7) is 6.24. The largest absolute Gasteiger partial charge is 0.0840 e. The number of halogens is 1. The molecule has 0 bridgehead atoms. The number of benzene rings is 1. The molecule has 1 rings (SSSR count). The fourth-order valence-corrected chi connectivity index (χ4v) is 1.13. The van der Waals surface area contributed by atoms with Crippen LogP contribution in [0, 0.1) is 20.8 Å². The summed E-state index contributed by atoms with van der Waals surface area (Å²) >= 11 is 5.89. The second-order valence-corrected chi connectivity index (χ2v) is 3.02. The molecule has 0 aliphatic rings. The second kappa shape index (κ2) is 2.63. The van der Waals surface area contributed by atoms with E-state index in [9.17, 15) is 0 Å². The Labute approximate surface area is 66.8 Å². The molecule has 1 heteroatoms. The van der Waals surface area contributed by atoms with E-state index in [2.05, 4.69) is 13.8 Å². The van der Waals surface area contributed by atoms with E-state index in [1.54, 1.807) is 0 Å². The van der Waals surface area contributed by atoms with Crippen LogP contribution in [0.25, 0.3) is 0 Å². The van der Waals surface area contributed by atoms with Crippen LogP contribution in [0.4, 0.5) is 0 Å². The van der Waals surface area contributed by atoms with E-state index >= 15 is 0 Å². The Morgan fingerprint density at radius 2 is 1.60 bits per heavy atom. The number of rotatable bonds is 0. The van der Waals surface area contributed by atoms with Gasteiger partial charge in [-0.25, -0.2) is 0 Å². The first kappa shape index (κ1) is 7.62. The Balaban J connectivity index is 3.34. The molecule has 0 aromatic heterocycles. The summed E-state index contributed by atoms with van der Waals surface area (Å²) in [5.41, 5.74) is 3.80. The van der Waals surface area contributed by atoms with Gasteiger partial charge in [-0.1, -0.05) is 17.7 Å². The highest BCUT2D eigenvalue weighted by Crippen LogP contribution is 2.20. The first-order valence-electron chi connectivity index (χ1n) is 3.35. The van der Waals surface area contributed by atoms with Crippen LogP contribution in [0.1, 0.15) is 16.7 Å². The van der Waals surface area contributed by atoms with Crippen molar-refractivity contribution in [3.8, 4) is 0 Å². The van der Waals surface area contributed by atoms with Crippen molar-refractivity contribution in [3.63, 3.8) is 0 Å². The van der Waals surface area contributed by atoms with Crippen molar-refractivity contribution >= 4 is 11.6 Å². The molecule has 10 heavy (non-hydrogen) atoms. The summed E-state index contributed by atoms with van der Waals surface area (Å²) in [5, 5.41) is 0.864. The molecular formula is C9H11Cl. The third-order valence-corrected chi connectivity index (χ3v) is 2.40. The highest BCUT2D eigenvalue weighted by molar-refractivity contribution is 6.31. The maximum absolute atomic E-state index is 5.89. The first-order chi connectivity index (χ1) is 4.63. The highest BCUT2D eigenvalue weighted by Gasteiger charge is 1.99. The molecule has 0 aliphatic heterocycles. The molecule has 0 fully saturated rings.